The van der Waals surface area contributed by atoms with Crippen molar-refractivity contribution < 1.29 is 83.1 Å². The summed E-state index contributed by atoms with van der Waals surface area (Å²) in [4.78, 5) is 126. The Labute approximate surface area is 635 Å². The van der Waals surface area contributed by atoms with Gasteiger partial charge in [-0.05, 0) is 195 Å². The largest absolute Gasteiger partial charge is 0.365 e. The van der Waals surface area contributed by atoms with Gasteiger partial charge in [0.05, 0.1) is 28.6 Å². The highest BCUT2D eigenvalue weighted by Crippen LogP contribution is 2.62. The summed E-state index contributed by atoms with van der Waals surface area (Å²) < 4.78 is 55.7. The van der Waals surface area contributed by atoms with Crippen LogP contribution in [0.25, 0.3) is 0 Å². The predicted molar refractivity (Wildman–Crippen MR) is 409 cm³/mol. The molecule has 0 saturated heterocycles. The molecule has 0 aromatic heterocycles. The monoisotopic (exact) mass is 1550 g/mol. The molecule has 5 aliphatic rings. The predicted octanol–water partition coefficient (Wildman–Crippen LogP) is 15.3. The van der Waals surface area contributed by atoms with Crippen molar-refractivity contribution in [3.8, 4) is 0 Å². The number of oxime groups is 5. The van der Waals surface area contributed by atoms with Crippen LogP contribution in [0.5, 0.6) is 0 Å². The number of aryl methyl sites for hydroxylation is 1. The van der Waals surface area contributed by atoms with E-state index >= 15 is 0 Å². The highest BCUT2D eigenvalue weighted by molar-refractivity contribution is 7.87. The van der Waals surface area contributed by atoms with E-state index in [1.54, 1.807) is 109 Å². The number of fused-ring (bicyclic) bond motifs is 2. The van der Waals surface area contributed by atoms with Crippen LogP contribution in [-0.4, -0.2) is 123 Å². The maximum Gasteiger partial charge on any atom is 0.365 e. The zero-order valence-corrected chi connectivity index (χ0v) is 65.1. The molecule has 5 saturated carbocycles. The maximum atomic E-state index is 12.3. The third-order valence-corrected chi connectivity index (χ3v) is 21.0. The fraction of sp³-hybridized carbons (Fsp3) is 0.410. The molecule has 25 nitrogen and oxygen atoms in total. The Morgan fingerprint density at radius 2 is 0.916 bits per heavy atom. The lowest BCUT2D eigenvalue weighted by atomic mass is 9.70. The Bertz CT molecular complexity index is 4350. The van der Waals surface area contributed by atoms with Crippen molar-refractivity contribution in [2.24, 2.45) is 58.4 Å². The van der Waals surface area contributed by atoms with Crippen LogP contribution in [0.15, 0.2) is 179 Å². The second kappa shape index (κ2) is 42.6. The molecule has 2 unspecified atom stereocenters. The molecule has 5 aliphatic carbocycles. The van der Waals surface area contributed by atoms with E-state index in [9.17, 15) is 60.0 Å². The first-order valence-electron chi connectivity index (χ1n) is 34.7. The van der Waals surface area contributed by atoms with Crippen LogP contribution in [0.2, 0.25) is 10.0 Å². The lowest BCUT2D eigenvalue weighted by Gasteiger charge is -2.31. The SMILES string of the molecule is CC(=O)/C(C)=N\OC(=O)C1CCCCC1.CC(=O)/C(C)=N\OC(=O)c1ccccc1.CC(=O)/C(C)=N\OS(=O)(=O)c1ccccc1.CC(=O)O/N=C1\C(=O)C2(C)CCC1C2(C)C.Cc1ccc(S(=O)(=O)ON=C2CCCC2)cc1.O=C(CN=C1CCCCC1=NCC(=O)c1ccc(Cl)cc1)c1ccc(Cl)cc1. The summed E-state index contributed by atoms with van der Waals surface area (Å²) in [7, 11) is -7.68. The molecule has 10 rings (SSSR count). The first-order valence-corrected chi connectivity index (χ1v) is 38.3. The van der Waals surface area contributed by atoms with Crippen molar-refractivity contribution in [3.05, 3.63) is 166 Å². The van der Waals surface area contributed by atoms with E-state index in [4.69, 9.17) is 32.3 Å². The van der Waals surface area contributed by atoms with Gasteiger partial charge in [0.15, 0.2) is 34.7 Å². The van der Waals surface area contributed by atoms with Crippen molar-refractivity contribution in [2.45, 2.75) is 182 Å². The fourth-order valence-electron chi connectivity index (χ4n) is 11.0. The van der Waals surface area contributed by atoms with Gasteiger partial charge in [0.2, 0.25) is 0 Å². The standard InChI is InChI=1S/C22H20Cl2N2O2.C12H15NO3S.C12H17NO3.C11H17NO3.C11H11NO3.C10H11NO4S/c23-17-9-5-15(6-10-17)21(27)13-25-19-3-1-2-4-20(19)26-14-22(28)16-7-11-18(24)12-8-16;1-10-6-8-12(9-7-10)17(14,15)16-13-11-4-2-3-5-11;1-7(14)16-13-9-8-5-6-12(4,10(9)15)11(8,2)3;2*1-8(9(2)13)12-15-11(14)10-6-4-3-5-7-10;1-8(9(2)12)11-15-16(13,14)10-6-4-3-5-7-10/h5-12H,1-4,13-14H2;6-9H,2-5H2,1H3;8H,5-6H2,1-4H3;10H,3-7H2,1-2H3;3-7H,1-2H3;3-7H,1-2H3/b;;13-9-;2*12-8-;11-8-. The van der Waals surface area contributed by atoms with Crippen LogP contribution >= 0.6 is 23.2 Å². The minimum absolute atomic E-state index is 0.000457. The Balaban J connectivity index is 0.000000235. The molecule has 107 heavy (non-hydrogen) atoms. The number of carbonyl (C=O) groups is 9. The van der Waals surface area contributed by atoms with Crippen molar-refractivity contribution in [2.75, 3.05) is 13.1 Å². The van der Waals surface area contributed by atoms with Gasteiger partial charge < -0.3 is 14.5 Å². The first-order chi connectivity index (χ1) is 50.6. The van der Waals surface area contributed by atoms with Crippen LogP contribution in [0, 0.1) is 29.6 Å². The highest BCUT2D eigenvalue weighted by atomic mass is 35.5. The second-order valence-electron chi connectivity index (χ2n) is 26.4. The third kappa shape index (κ3) is 28.2. The molecule has 572 valence electrons. The number of aliphatic imine (C=N–C) groups is 2. The van der Waals surface area contributed by atoms with Gasteiger partial charge in [0.25, 0.3) is 0 Å². The topological polar surface area (TPSA) is 355 Å². The molecule has 0 aliphatic heterocycles. The summed E-state index contributed by atoms with van der Waals surface area (Å²) >= 11 is 11.7. The highest BCUT2D eigenvalue weighted by Gasteiger charge is 2.65. The Morgan fingerprint density at radius 3 is 1.37 bits per heavy atom. The molecular formula is C78H91Cl2N7O18S2. The summed E-state index contributed by atoms with van der Waals surface area (Å²) in [5, 5.41) is 18.8. The summed E-state index contributed by atoms with van der Waals surface area (Å²) in [6.45, 7) is 17.9. The Kier molecular flexibility index (Phi) is 35.0. The quantitative estimate of drug-likeness (QED) is 0.0302. The third-order valence-electron chi connectivity index (χ3n) is 18.2. The molecule has 5 aromatic carbocycles. The Morgan fingerprint density at radius 1 is 0.477 bits per heavy atom. The molecule has 5 aromatic rings. The molecule has 0 spiro atoms. The van der Waals surface area contributed by atoms with Crippen LogP contribution in [-0.2, 0) is 72.1 Å². The molecular weight excluding hydrogens is 1460 g/mol. The average Bonchev–Trinajstić information content (AvgIpc) is 1.55. The van der Waals surface area contributed by atoms with Crippen molar-refractivity contribution in [1.82, 2.24) is 0 Å². The molecule has 0 heterocycles. The first kappa shape index (κ1) is 87.9. The smallest absolute Gasteiger partial charge is 0.318 e. The number of hydrogen-bond donors (Lipinski definition) is 0. The zero-order valence-electron chi connectivity index (χ0n) is 61.9. The van der Waals surface area contributed by atoms with Gasteiger partial charge in [-0.2, -0.15) is 16.8 Å². The molecule has 2 bridgehead atoms. The Hall–Kier alpha value is -9.70. The normalized spacial score (nSPS) is 18.7. The number of halogens is 2. The lowest BCUT2D eigenvalue weighted by Crippen LogP contribution is -2.33. The molecule has 2 atom stereocenters. The van der Waals surface area contributed by atoms with Gasteiger partial charge in [0, 0.05) is 60.2 Å². The number of hydrogen-bond acceptors (Lipinski definition) is 25. The molecule has 0 N–H and O–H groups in total. The van der Waals surface area contributed by atoms with E-state index in [2.05, 4.69) is 63.6 Å². The summed E-state index contributed by atoms with van der Waals surface area (Å²) in [5.74, 6) is -2.07. The van der Waals surface area contributed by atoms with Gasteiger partial charge >= 0.3 is 38.1 Å². The number of rotatable bonds is 20. The van der Waals surface area contributed by atoms with Crippen molar-refractivity contribution in [1.29, 1.82) is 0 Å². The fourth-order valence-corrected chi connectivity index (χ4v) is 12.8. The summed E-state index contributed by atoms with van der Waals surface area (Å²) in [6.07, 6.45) is 14.4. The second-order valence-corrected chi connectivity index (χ2v) is 30.3. The van der Waals surface area contributed by atoms with E-state index in [-0.39, 0.29) is 103 Å². The van der Waals surface area contributed by atoms with Crippen molar-refractivity contribution >= 4 is 136 Å². The van der Waals surface area contributed by atoms with E-state index < -0.39 is 32.2 Å². The number of benzene rings is 5. The van der Waals surface area contributed by atoms with Crippen LogP contribution in [0.3, 0.4) is 0 Å². The van der Waals surface area contributed by atoms with E-state index in [1.807, 2.05) is 13.8 Å². The molecule has 5 fully saturated rings. The van der Waals surface area contributed by atoms with Crippen LogP contribution < -0.4 is 0 Å². The van der Waals surface area contributed by atoms with Gasteiger partial charge in [0.1, 0.15) is 45.7 Å². The van der Waals surface area contributed by atoms with Gasteiger partial charge in [-0.25, -0.2) is 14.4 Å². The van der Waals surface area contributed by atoms with Crippen molar-refractivity contribution in [3.63, 3.8) is 0 Å². The van der Waals surface area contributed by atoms with Gasteiger partial charge in [-0.3, -0.25) is 47.3 Å². The van der Waals surface area contributed by atoms with Crippen LogP contribution in [0.1, 0.15) is 202 Å². The minimum Gasteiger partial charge on any atom is -0.318 e. The molecule has 0 radical (unpaired) electrons. The van der Waals surface area contributed by atoms with E-state index in [1.165, 1.54) is 79.2 Å². The van der Waals surface area contributed by atoms with Gasteiger partial charge in [-0.1, -0.05) is 143 Å². The summed E-state index contributed by atoms with van der Waals surface area (Å²) in [5.41, 5.74) is 5.51. The lowest BCUT2D eigenvalue weighted by molar-refractivity contribution is -0.149. The van der Waals surface area contributed by atoms with Crippen LogP contribution in [0.4, 0.5) is 0 Å². The molecule has 29 heteroatoms. The number of carbonyl (C=O) groups excluding carboxylic acids is 9. The van der Waals surface area contributed by atoms with Gasteiger partial charge in [-0.15, -0.1) is 0 Å². The minimum atomic E-state index is -3.93. The molecule has 0 amide bonds. The number of ketones is 6. The average molecular weight is 1550 g/mol. The number of nitrogens with zero attached hydrogens (tertiary/aromatic N) is 7. The summed E-state index contributed by atoms with van der Waals surface area (Å²) in [6, 6.07) is 36.1. The number of Topliss-reactive ketones (excluding diaryl/α,β-unsaturated/α-hetero) is 6. The maximum absolute atomic E-state index is 12.3. The van der Waals surface area contributed by atoms with E-state index in [0.29, 0.717) is 32.4 Å². The zero-order chi connectivity index (χ0) is 79.1. The van der Waals surface area contributed by atoms with E-state index in [0.717, 1.165) is 113 Å².